The van der Waals surface area contributed by atoms with Crippen LogP contribution in [0.5, 0.6) is 0 Å². The number of urea groups is 1. The second-order valence-corrected chi connectivity index (χ2v) is 6.04. The Hall–Kier alpha value is -2.31. The highest BCUT2D eigenvalue weighted by Crippen LogP contribution is 2.26. The van der Waals surface area contributed by atoms with E-state index >= 15 is 0 Å². The minimum atomic E-state index is -0.545. The average Bonchev–Trinajstić information content (AvgIpc) is 3.11. The molecular weight excluding hydrogens is 301 g/mol. The van der Waals surface area contributed by atoms with Crippen molar-refractivity contribution in [3.63, 3.8) is 0 Å². The maximum absolute atomic E-state index is 13.9. The third-order valence-electron chi connectivity index (χ3n) is 4.45. The maximum atomic E-state index is 13.9. The van der Waals surface area contributed by atoms with E-state index in [-0.39, 0.29) is 11.7 Å². The molecular formula is C16H20FN3O3. The van der Waals surface area contributed by atoms with E-state index in [1.807, 2.05) is 0 Å². The molecule has 2 fully saturated rings. The van der Waals surface area contributed by atoms with Crippen LogP contribution in [0.4, 0.5) is 25.4 Å². The van der Waals surface area contributed by atoms with E-state index < -0.39 is 17.9 Å². The molecule has 0 unspecified atom stereocenters. The van der Waals surface area contributed by atoms with Crippen molar-refractivity contribution in [1.82, 2.24) is 5.32 Å². The molecule has 1 heterocycles. The number of anilines is 2. The average molecular weight is 321 g/mol. The predicted molar refractivity (Wildman–Crippen MR) is 84.1 cm³/mol. The Bertz CT molecular complexity index is 623. The van der Waals surface area contributed by atoms with Crippen LogP contribution in [0, 0.1) is 11.7 Å². The van der Waals surface area contributed by atoms with Crippen LogP contribution in [0.3, 0.4) is 0 Å². The van der Waals surface area contributed by atoms with Crippen LogP contribution in [0.15, 0.2) is 18.2 Å². The number of hydrogen-bond acceptors (Lipinski definition) is 3. The van der Waals surface area contributed by atoms with Gasteiger partial charge in [0.2, 0.25) is 0 Å². The number of carbonyl (C=O) groups excluding carboxylic acids is 2. The third-order valence-corrected chi connectivity index (χ3v) is 4.45. The first-order valence-electron chi connectivity index (χ1n) is 7.86. The summed E-state index contributed by atoms with van der Waals surface area (Å²) in [4.78, 5) is 25.0. The van der Waals surface area contributed by atoms with Gasteiger partial charge in [-0.05, 0) is 37.0 Å². The van der Waals surface area contributed by atoms with Crippen molar-refractivity contribution in [2.75, 3.05) is 23.4 Å². The number of amides is 3. The van der Waals surface area contributed by atoms with Crippen LogP contribution in [0.2, 0.25) is 0 Å². The van der Waals surface area contributed by atoms with Crippen LogP contribution in [0.25, 0.3) is 0 Å². The highest BCUT2D eigenvalue weighted by atomic mass is 19.1. The predicted octanol–water partition coefficient (Wildman–Crippen LogP) is 3.09. The van der Waals surface area contributed by atoms with Gasteiger partial charge >= 0.3 is 12.1 Å². The number of carbonyl (C=O) groups is 2. The van der Waals surface area contributed by atoms with Crippen LogP contribution >= 0.6 is 0 Å². The van der Waals surface area contributed by atoms with Gasteiger partial charge in [0.05, 0.1) is 12.2 Å². The van der Waals surface area contributed by atoms with Gasteiger partial charge in [-0.15, -0.1) is 0 Å². The normalized spacial score (nSPS) is 23.7. The van der Waals surface area contributed by atoms with Gasteiger partial charge < -0.3 is 15.4 Å². The van der Waals surface area contributed by atoms with Crippen LogP contribution < -0.4 is 15.5 Å². The molecule has 0 aromatic heterocycles. The monoisotopic (exact) mass is 321 g/mol. The Balaban J connectivity index is 1.69. The lowest BCUT2D eigenvalue weighted by Gasteiger charge is -2.19. The first kappa shape index (κ1) is 15.6. The van der Waals surface area contributed by atoms with E-state index in [0.717, 1.165) is 19.3 Å². The molecule has 0 bridgehead atoms. The molecule has 124 valence electrons. The minimum Gasteiger partial charge on any atom is -0.447 e. The standard InChI is InChI=1S/C16H20FN3O3/c1-10-3-2-4-13(10)18-15(21)19-14-9-11(5-6-12(14)17)20-7-8-23-16(20)22/h5-6,9-10,13H,2-4,7-8H2,1H3,(H2,18,19,21)/t10-,13-/m1/s1. The Morgan fingerprint density at radius 2 is 2.22 bits per heavy atom. The lowest BCUT2D eigenvalue weighted by Crippen LogP contribution is -2.39. The fraction of sp³-hybridized carbons (Fsp3) is 0.500. The SMILES string of the molecule is C[C@@H]1CCC[C@H]1NC(=O)Nc1cc(N2CCOC2=O)ccc1F. The summed E-state index contributed by atoms with van der Waals surface area (Å²) in [5.74, 6) is -0.118. The molecule has 23 heavy (non-hydrogen) atoms. The second-order valence-electron chi connectivity index (χ2n) is 6.04. The van der Waals surface area contributed by atoms with Crippen molar-refractivity contribution in [2.45, 2.75) is 32.2 Å². The van der Waals surface area contributed by atoms with Gasteiger partial charge in [-0.3, -0.25) is 4.90 Å². The molecule has 1 aromatic carbocycles. The first-order valence-corrected chi connectivity index (χ1v) is 7.86. The lowest BCUT2D eigenvalue weighted by atomic mass is 10.1. The van der Waals surface area contributed by atoms with Crippen LogP contribution in [0.1, 0.15) is 26.2 Å². The van der Waals surface area contributed by atoms with Gasteiger partial charge in [0.1, 0.15) is 12.4 Å². The van der Waals surface area contributed by atoms with Crippen molar-refractivity contribution < 1.29 is 18.7 Å². The maximum Gasteiger partial charge on any atom is 0.414 e. The zero-order chi connectivity index (χ0) is 16.4. The number of ether oxygens (including phenoxy) is 1. The van der Waals surface area contributed by atoms with Crippen molar-refractivity contribution >= 4 is 23.5 Å². The molecule has 6 nitrogen and oxygen atoms in total. The third kappa shape index (κ3) is 3.38. The summed E-state index contributed by atoms with van der Waals surface area (Å²) in [5, 5.41) is 5.41. The highest BCUT2D eigenvalue weighted by molar-refractivity contribution is 5.93. The number of cyclic esters (lactones) is 1. The molecule has 3 amide bonds. The largest absolute Gasteiger partial charge is 0.447 e. The lowest BCUT2D eigenvalue weighted by molar-refractivity contribution is 0.181. The summed E-state index contributed by atoms with van der Waals surface area (Å²) in [6.07, 6.45) is 2.65. The van der Waals surface area contributed by atoms with Gasteiger partial charge in [-0.25, -0.2) is 14.0 Å². The fourth-order valence-electron chi connectivity index (χ4n) is 3.09. The second kappa shape index (κ2) is 6.44. The van der Waals surface area contributed by atoms with Crippen LogP contribution in [-0.4, -0.2) is 31.3 Å². The van der Waals surface area contributed by atoms with Crippen LogP contribution in [-0.2, 0) is 4.74 Å². The minimum absolute atomic E-state index is 0.0466. The van der Waals surface area contributed by atoms with E-state index in [9.17, 15) is 14.0 Å². The zero-order valence-electron chi connectivity index (χ0n) is 13.0. The van der Waals surface area contributed by atoms with Crippen molar-refractivity contribution in [3.8, 4) is 0 Å². The summed E-state index contributed by atoms with van der Waals surface area (Å²) in [6.45, 7) is 2.81. The number of nitrogens with one attached hydrogen (secondary N) is 2. The van der Waals surface area contributed by atoms with E-state index in [4.69, 9.17) is 4.74 Å². The molecule has 7 heteroatoms. The Morgan fingerprint density at radius 1 is 1.39 bits per heavy atom. The highest BCUT2D eigenvalue weighted by Gasteiger charge is 2.26. The molecule has 1 aliphatic carbocycles. The smallest absolute Gasteiger partial charge is 0.414 e. The van der Waals surface area contributed by atoms with Gasteiger partial charge in [0, 0.05) is 11.7 Å². The number of nitrogens with zero attached hydrogens (tertiary/aromatic N) is 1. The van der Waals surface area contributed by atoms with Crippen molar-refractivity contribution in [2.24, 2.45) is 5.92 Å². The first-order chi connectivity index (χ1) is 11.0. The van der Waals surface area contributed by atoms with Gasteiger partial charge in [-0.1, -0.05) is 13.3 Å². The van der Waals surface area contributed by atoms with Gasteiger partial charge in [0.25, 0.3) is 0 Å². The number of hydrogen-bond donors (Lipinski definition) is 2. The fourth-order valence-corrected chi connectivity index (χ4v) is 3.09. The summed E-state index contributed by atoms with van der Waals surface area (Å²) in [6, 6.07) is 3.86. The van der Waals surface area contributed by atoms with Crippen molar-refractivity contribution in [3.05, 3.63) is 24.0 Å². The number of rotatable bonds is 3. The van der Waals surface area contributed by atoms with E-state index in [2.05, 4.69) is 17.6 Å². The number of benzene rings is 1. The van der Waals surface area contributed by atoms with Gasteiger partial charge in [0.15, 0.2) is 0 Å². The summed E-state index contributed by atoms with van der Waals surface area (Å²) in [7, 11) is 0. The summed E-state index contributed by atoms with van der Waals surface area (Å²) < 4.78 is 18.8. The molecule has 1 aromatic rings. The van der Waals surface area contributed by atoms with E-state index in [1.54, 1.807) is 0 Å². The molecule has 2 atom stereocenters. The molecule has 2 aliphatic rings. The van der Waals surface area contributed by atoms with E-state index in [1.165, 1.54) is 23.1 Å². The quantitative estimate of drug-likeness (QED) is 0.899. The topological polar surface area (TPSA) is 70.7 Å². The summed E-state index contributed by atoms with van der Waals surface area (Å²) >= 11 is 0. The molecule has 1 aliphatic heterocycles. The van der Waals surface area contributed by atoms with E-state index in [0.29, 0.717) is 24.8 Å². The Morgan fingerprint density at radius 3 is 2.87 bits per heavy atom. The molecule has 0 spiro atoms. The van der Waals surface area contributed by atoms with Gasteiger partial charge in [-0.2, -0.15) is 0 Å². The number of halogens is 1. The zero-order valence-corrected chi connectivity index (χ0v) is 13.0. The molecule has 1 saturated carbocycles. The Labute approximate surface area is 134 Å². The molecule has 3 rings (SSSR count). The molecule has 0 radical (unpaired) electrons. The molecule has 2 N–H and O–H groups in total. The molecule has 1 saturated heterocycles. The van der Waals surface area contributed by atoms with Crippen molar-refractivity contribution in [1.29, 1.82) is 0 Å². The Kier molecular flexibility index (Phi) is 4.36. The summed E-state index contributed by atoms with van der Waals surface area (Å²) in [5.41, 5.74) is 0.545.